The molecular formula is C8H14KNO4. The van der Waals surface area contributed by atoms with Crippen molar-refractivity contribution in [1.82, 2.24) is 0 Å². The summed E-state index contributed by atoms with van der Waals surface area (Å²) in [4.78, 5) is 18.8. The SMILES string of the molecule is C[N+](C)(C)C.O=C([O-])/C=C\C(=O)[O-].[K+]. The van der Waals surface area contributed by atoms with Gasteiger partial charge >= 0.3 is 51.4 Å². The van der Waals surface area contributed by atoms with E-state index in [9.17, 15) is 19.8 Å². The van der Waals surface area contributed by atoms with Gasteiger partial charge in [-0.25, -0.2) is 0 Å². The summed E-state index contributed by atoms with van der Waals surface area (Å²) in [5.41, 5.74) is 0. The van der Waals surface area contributed by atoms with Gasteiger partial charge in [0.05, 0.1) is 40.1 Å². The van der Waals surface area contributed by atoms with Crippen LogP contribution < -0.4 is 61.6 Å². The van der Waals surface area contributed by atoms with Crippen LogP contribution in [-0.4, -0.2) is 44.6 Å². The molecule has 0 unspecified atom stereocenters. The number of hydrogen-bond donors (Lipinski definition) is 0. The molecule has 76 valence electrons. The first-order valence-corrected chi connectivity index (χ1v) is 3.52. The summed E-state index contributed by atoms with van der Waals surface area (Å²) in [5, 5.41) is 18.8. The molecule has 14 heavy (non-hydrogen) atoms. The molecule has 0 spiro atoms. The monoisotopic (exact) mass is 227 g/mol. The molecule has 0 aliphatic carbocycles. The zero-order valence-corrected chi connectivity index (χ0v) is 12.4. The summed E-state index contributed by atoms with van der Waals surface area (Å²) < 4.78 is 1.00. The van der Waals surface area contributed by atoms with Crippen molar-refractivity contribution in [2.75, 3.05) is 28.2 Å². The number of hydrogen-bond acceptors (Lipinski definition) is 4. The maximum absolute atomic E-state index is 9.41. The van der Waals surface area contributed by atoms with Crippen molar-refractivity contribution >= 4 is 11.9 Å². The van der Waals surface area contributed by atoms with Gasteiger partial charge in [0.2, 0.25) is 0 Å². The first kappa shape index (κ1) is 19.8. The van der Waals surface area contributed by atoms with Gasteiger partial charge in [-0.05, 0) is 12.2 Å². The van der Waals surface area contributed by atoms with Crippen molar-refractivity contribution in [2.24, 2.45) is 0 Å². The van der Waals surface area contributed by atoms with Gasteiger partial charge in [0.1, 0.15) is 0 Å². The van der Waals surface area contributed by atoms with E-state index in [0.29, 0.717) is 12.2 Å². The van der Waals surface area contributed by atoms with Crippen LogP contribution in [0.25, 0.3) is 0 Å². The minimum atomic E-state index is -1.55. The van der Waals surface area contributed by atoms with Gasteiger partial charge in [-0.1, -0.05) is 0 Å². The van der Waals surface area contributed by atoms with E-state index in [1.165, 1.54) is 0 Å². The van der Waals surface area contributed by atoms with E-state index in [1.54, 1.807) is 0 Å². The quantitative estimate of drug-likeness (QED) is 0.268. The minimum absolute atomic E-state index is 0. The standard InChI is InChI=1S/C4H12N.C4H4O4.K/c1-5(2,3)4;5-3(6)1-2-4(7)8;/h1-4H3;1-2H,(H,5,6)(H,7,8);/q+1;;+1/p-2/b;2-1-;. The van der Waals surface area contributed by atoms with Gasteiger partial charge in [-0.2, -0.15) is 0 Å². The summed E-state index contributed by atoms with van der Waals surface area (Å²) >= 11 is 0. The number of rotatable bonds is 2. The molecule has 0 amide bonds. The second kappa shape index (κ2) is 9.82. The molecule has 0 aromatic heterocycles. The molecule has 0 bridgehead atoms. The Kier molecular flexibility index (Phi) is 13.9. The van der Waals surface area contributed by atoms with Gasteiger partial charge in [0, 0.05) is 0 Å². The van der Waals surface area contributed by atoms with Crippen molar-refractivity contribution < 1.29 is 75.7 Å². The Bertz CT molecular complexity index is 186. The van der Waals surface area contributed by atoms with Crippen LogP contribution in [0, 0.1) is 0 Å². The third-order valence-electron chi connectivity index (χ3n) is 0.355. The van der Waals surface area contributed by atoms with E-state index in [-0.39, 0.29) is 51.4 Å². The zero-order chi connectivity index (χ0) is 11.1. The second-order valence-corrected chi connectivity index (χ2v) is 3.65. The molecule has 0 saturated carbocycles. The Morgan fingerprint density at radius 2 is 1.07 bits per heavy atom. The van der Waals surface area contributed by atoms with Crippen LogP contribution in [0.4, 0.5) is 0 Å². The summed E-state index contributed by atoms with van der Waals surface area (Å²) in [5.74, 6) is -3.09. The van der Waals surface area contributed by atoms with Gasteiger partial charge in [0.25, 0.3) is 0 Å². The third-order valence-corrected chi connectivity index (χ3v) is 0.355. The van der Waals surface area contributed by atoms with Crippen LogP contribution in [0.2, 0.25) is 0 Å². The largest absolute Gasteiger partial charge is 1.00 e. The first-order valence-electron chi connectivity index (χ1n) is 3.52. The molecule has 0 rings (SSSR count). The van der Waals surface area contributed by atoms with Crippen molar-refractivity contribution in [2.45, 2.75) is 0 Å². The molecule has 0 radical (unpaired) electrons. The van der Waals surface area contributed by atoms with Crippen LogP contribution in [-0.2, 0) is 9.59 Å². The van der Waals surface area contributed by atoms with Gasteiger partial charge < -0.3 is 24.3 Å². The molecule has 0 heterocycles. The summed E-state index contributed by atoms with van der Waals surface area (Å²) in [6.45, 7) is 0. The molecule has 0 aromatic rings. The summed E-state index contributed by atoms with van der Waals surface area (Å²) in [6.07, 6.45) is 0.769. The number of quaternary nitrogens is 1. The molecule has 0 aliphatic heterocycles. The number of carbonyl (C=O) groups is 2. The third kappa shape index (κ3) is 56.1. The van der Waals surface area contributed by atoms with Crippen LogP contribution in [0.1, 0.15) is 0 Å². The molecule has 0 N–H and O–H groups in total. The van der Waals surface area contributed by atoms with Gasteiger partial charge in [0.15, 0.2) is 0 Å². The number of nitrogens with zero attached hydrogens (tertiary/aromatic N) is 1. The molecule has 0 fully saturated rings. The van der Waals surface area contributed by atoms with E-state index < -0.39 is 11.9 Å². The average Bonchev–Trinajstić information content (AvgIpc) is 1.79. The predicted octanol–water partition coefficient (Wildman–Crippen LogP) is -5.63. The number of carboxylic acid groups (broad SMARTS) is 2. The maximum Gasteiger partial charge on any atom is 1.00 e. The fraction of sp³-hybridized carbons (Fsp3) is 0.500. The Labute approximate surface area is 126 Å². The molecule has 0 atom stereocenters. The van der Waals surface area contributed by atoms with Gasteiger partial charge in [-0.15, -0.1) is 0 Å². The van der Waals surface area contributed by atoms with Crippen molar-refractivity contribution in [3.05, 3.63) is 12.2 Å². The van der Waals surface area contributed by atoms with Crippen molar-refractivity contribution in [1.29, 1.82) is 0 Å². The summed E-state index contributed by atoms with van der Waals surface area (Å²) in [6, 6.07) is 0. The van der Waals surface area contributed by atoms with E-state index in [1.807, 2.05) is 0 Å². The van der Waals surface area contributed by atoms with E-state index >= 15 is 0 Å². The normalized spacial score (nSPS) is 9.71. The summed E-state index contributed by atoms with van der Waals surface area (Å²) in [7, 11) is 8.50. The number of carboxylic acids is 2. The Hall–Kier alpha value is 0.276. The Morgan fingerprint density at radius 1 is 0.929 bits per heavy atom. The predicted molar refractivity (Wildman–Crippen MR) is 43.1 cm³/mol. The molecule has 0 aliphatic rings. The number of aliphatic carboxylic acids is 2. The van der Waals surface area contributed by atoms with Gasteiger partial charge in [-0.3, -0.25) is 0 Å². The topological polar surface area (TPSA) is 80.3 Å². The first-order chi connectivity index (χ1) is 5.63. The van der Waals surface area contributed by atoms with Crippen molar-refractivity contribution in [3.8, 4) is 0 Å². The van der Waals surface area contributed by atoms with Crippen LogP contribution >= 0.6 is 0 Å². The van der Waals surface area contributed by atoms with Crippen LogP contribution in [0.15, 0.2) is 12.2 Å². The van der Waals surface area contributed by atoms with Crippen LogP contribution in [0.5, 0.6) is 0 Å². The van der Waals surface area contributed by atoms with Crippen LogP contribution in [0.3, 0.4) is 0 Å². The van der Waals surface area contributed by atoms with E-state index in [2.05, 4.69) is 28.2 Å². The molecule has 5 nitrogen and oxygen atoms in total. The average molecular weight is 227 g/mol. The smallest absolute Gasteiger partial charge is 0.545 e. The minimum Gasteiger partial charge on any atom is -0.545 e. The molecule has 0 aromatic carbocycles. The Balaban J connectivity index is -0.000000177. The zero-order valence-electron chi connectivity index (χ0n) is 9.23. The molecule has 6 heteroatoms. The maximum atomic E-state index is 9.41. The van der Waals surface area contributed by atoms with Crippen molar-refractivity contribution in [3.63, 3.8) is 0 Å². The number of carbonyl (C=O) groups excluding carboxylic acids is 2. The second-order valence-electron chi connectivity index (χ2n) is 3.65. The van der Waals surface area contributed by atoms with E-state index in [0.717, 1.165) is 4.48 Å². The fourth-order valence-electron chi connectivity index (χ4n) is 0.136. The fourth-order valence-corrected chi connectivity index (χ4v) is 0.136. The molecule has 0 saturated heterocycles. The van der Waals surface area contributed by atoms with E-state index in [4.69, 9.17) is 0 Å². The molecular weight excluding hydrogens is 213 g/mol. The Morgan fingerprint density at radius 3 is 1.14 bits per heavy atom.